The Morgan fingerprint density at radius 1 is 0.879 bits per heavy atom. The molecule has 0 bridgehead atoms. The molecule has 0 radical (unpaired) electrons. The first-order chi connectivity index (χ1) is 15.5. The average Bonchev–Trinajstić information content (AvgIpc) is 3.11. The van der Waals surface area contributed by atoms with E-state index in [9.17, 15) is 20.4 Å². The van der Waals surface area contributed by atoms with E-state index in [-0.39, 0.29) is 22.7 Å². The predicted octanol–water partition coefficient (Wildman–Crippen LogP) is 4.94. The highest BCUT2D eigenvalue weighted by molar-refractivity contribution is 5.15. The Balaban J connectivity index is 1.53. The van der Waals surface area contributed by atoms with Gasteiger partial charge in [0.2, 0.25) is 0 Å². The fourth-order valence-corrected chi connectivity index (χ4v) is 9.75. The summed E-state index contributed by atoms with van der Waals surface area (Å²) in [5.41, 5.74) is 1.30. The smallest absolute Gasteiger partial charge is 0.101 e. The van der Waals surface area contributed by atoms with Crippen molar-refractivity contribution >= 4 is 0 Å². The summed E-state index contributed by atoms with van der Waals surface area (Å²) in [6.07, 6.45) is 8.01. The molecule has 0 saturated heterocycles. The van der Waals surface area contributed by atoms with E-state index in [1.807, 2.05) is 13.0 Å². The van der Waals surface area contributed by atoms with Crippen molar-refractivity contribution in [1.29, 1.82) is 0 Å². The maximum atomic E-state index is 11.2. The van der Waals surface area contributed by atoms with Gasteiger partial charge >= 0.3 is 0 Å². The molecule has 0 aliphatic heterocycles. The third kappa shape index (κ3) is 4.05. The standard InChI is InChI=1S/C29H50O4/c1-7-19(16(2)3)27(33)26(32)17(4)21-10-11-22-20-9-8-18-14-24(30)25(31)15-29(18,6)23(20)12-13-28(21,22)5/h7,16-18,20-27,30-33H,8-15H2,1-6H3/b19-7+/t17-,18-,20-,21-,22+,23+,24-,25+,26+,27+,28+,29+/m0/s1. The Morgan fingerprint density at radius 3 is 2.18 bits per heavy atom. The van der Waals surface area contributed by atoms with E-state index in [1.54, 1.807) is 0 Å². The number of allylic oxidation sites excluding steroid dienone is 1. The Labute approximate surface area is 201 Å². The van der Waals surface area contributed by atoms with Gasteiger partial charge in [-0.3, -0.25) is 0 Å². The molecule has 0 heterocycles. The zero-order valence-electron chi connectivity index (χ0n) is 21.9. The van der Waals surface area contributed by atoms with Crippen LogP contribution in [0.2, 0.25) is 0 Å². The number of hydrogen-bond donors (Lipinski definition) is 4. The van der Waals surface area contributed by atoms with Crippen LogP contribution < -0.4 is 0 Å². The van der Waals surface area contributed by atoms with Gasteiger partial charge in [0.25, 0.3) is 0 Å². The van der Waals surface area contributed by atoms with E-state index in [4.69, 9.17) is 0 Å². The van der Waals surface area contributed by atoms with Gasteiger partial charge in [0, 0.05) is 0 Å². The first kappa shape index (κ1) is 25.7. The van der Waals surface area contributed by atoms with Crippen molar-refractivity contribution in [3.05, 3.63) is 11.6 Å². The maximum Gasteiger partial charge on any atom is 0.101 e. The number of fused-ring (bicyclic) bond motifs is 5. The van der Waals surface area contributed by atoms with Crippen molar-refractivity contribution in [2.24, 2.45) is 52.3 Å². The molecule has 0 aromatic carbocycles. The normalized spacial score (nSPS) is 48.6. The fraction of sp³-hybridized carbons (Fsp3) is 0.931. The van der Waals surface area contributed by atoms with E-state index >= 15 is 0 Å². The first-order valence-electron chi connectivity index (χ1n) is 13.8. The molecule has 4 aliphatic carbocycles. The van der Waals surface area contributed by atoms with Crippen LogP contribution in [-0.4, -0.2) is 44.8 Å². The lowest BCUT2D eigenvalue weighted by atomic mass is 9.44. The molecular formula is C29H50O4. The van der Waals surface area contributed by atoms with Crippen LogP contribution in [0.1, 0.15) is 92.9 Å². The number of rotatable bonds is 5. The second kappa shape index (κ2) is 9.22. The van der Waals surface area contributed by atoms with E-state index in [0.29, 0.717) is 29.6 Å². The lowest BCUT2D eigenvalue weighted by molar-refractivity contribution is -0.162. The summed E-state index contributed by atoms with van der Waals surface area (Å²) in [5.74, 6) is 3.26. The Kier molecular flexibility index (Phi) is 7.17. The lowest BCUT2D eigenvalue weighted by Crippen LogP contribution is -2.57. The summed E-state index contributed by atoms with van der Waals surface area (Å²) in [7, 11) is 0. The number of aliphatic hydroxyl groups excluding tert-OH is 4. The highest BCUT2D eigenvalue weighted by Crippen LogP contribution is 2.68. The van der Waals surface area contributed by atoms with Gasteiger partial charge in [-0.25, -0.2) is 0 Å². The van der Waals surface area contributed by atoms with Gasteiger partial charge in [-0.15, -0.1) is 0 Å². The third-order valence-corrected chi connectivity index (χ3v) is 11.6. The van der Waals surface area contributed by atoms with Crippen molar-refractivity contribution < 1.29 is 20.4 Å². The predicted molar refractivity (Wildman–Crippen MR) is 132 cm³/mol. The third-order valence-electron chi connectivity index (χ3n) is 11.6. The average molecular weight is 463 g/mol. The molecule has 0 amide bonds. The van der Waals surface area contributed by atoms with Gasteiger partial charge in [0.1, 0.15) is 6.10 Å². The van der Waals surface area contributed by atoms with E-state index < -0.39 is 24.4 Å². The summed E-state index contributed by atoms with van der Waals surface area (Å²) in [4.78, 5) is 0. The molecule has 4 fully saturated rings. The minimum absolute atomic E-state index is 0.0684. The van der Waals surface area contributed by atoms with E-state index in [2.05, 4.69) is 34.6 Å². The van der Waals surface area contributed by atoms with Crippen molar-refractivity contribution in [3.63, 3.8) is 0 Å². The summed E-state index contributed by atoms with van der Waals surface area (Å²) in [6, 6.07) is 0. The van der Waals surface area contributed by atoms with Gasteiger partial charge in [-0.2, -0.15) is 0 Å². The van der Waals surface area contributed by atoms with Crippen LogP contribution in [0.15, 0.2) is 11.6 Å². The fourth-order valence-electron chi connectivity index (χ4n) is 9.75. The molecule has 4 rings (SSSR count). The maximum absolute atomic E-state index is 11.2. The van der Waals surface area contributed by atoms with Gasteiger partial charge in [0.15, 0.2) is 0 Å². The molecule has 4 nitrogen and oxygen atoms in total. The van der Waals surface area contributed by atoms with Gasteiger partial charge in [-0.1, -0.05) is 40.7 Å². The highest BCUT2D eigenvalue weighted by Gasteiger charge is 2.61. The molecule has 4 N–H and O–H groups in total. The van der Waals surface area contributed by atoms with Crippen molar-refractivity contribution in [3.8, 4) is 0 Å². The van der Waals surface area contributed by atoms with Gasteiger partial charge in [0.05, 0.1) is 18.3 Å². The number of aliphatic hydroxyl groups is 4. The second-order valence-electron chi connectivity index (χ2n) is 13.2. The van der Waals surface area contributed by atoms with Crippen molar-refractivity contribution in [1.82, 2.24) is 0 Å². The molecule has 4 heteroatoms. The van der Waals surface area contributed by atoms with Crippen molar-refractivity contribution in [2.45, 2.75) is 117 Å². The SMILES string of the molecule is C/C=C(\C(C)C)[C@@H](O)[C@H](O)[C@@H](C)[C@@H]1CC[C@@H]2[C@@H]3CC[C@H]4C[C@H](O)[C@H](O)C[C@@]4(C)[C@@H]3CC[C@@]21C. The Bertz CT molecular complexity index is 733. The second-order valence-corrected chi connectivity index (χ2v) is 13.2. The molecule has 12 atom stereocenters. The molecule has 190 valence electrons. The zero-order valence-corrected chi connectivity index (χ0v) is 21.9. The topological polar surface area (TPSA) is 80.9 Å². The van der Waals surface area contributed by atoms with Crippen LogP contribution in [-0.2, 0) is 0 Å². The Morgan fingerprint density at radius 2 is 1.55 bits per heavy atom. The number of hydrogen-bond acceptors (Lipinski definition) is 4. The quantitative estimate of drug-likeness (QED) is 0.436. The minimum atomic E-state index is -0.784. The zero-order chi connectivity index (χ0) is 24.3. The molecule has 4 saturated carbocycles. The molecular weight excluding hydrogens is 412 g/mol. The molecule has 0 unspecified atom stereocenters. The molecule has 0 aromatic rings. The molecule has 0 spiro atoms. The summed E-state index contributed by atoms with van der Waals surface area (Å²) >= 11 is 0. The highest BCUT2D eigenvalue weighted by atomic mass is 16.3. The lowest BCUT2D eigenvalue weighted by Gasteiger charge is -2.61. The largest absolute Gasteiger partial charge is 0.390 e. The molecule has 4 aliphatic rings. The van der Waals surface area contributed by atoms with Crippen molar-refractivity contribution in [2.75, 3.05) is 0 Å². The van der Waals surface area contributed by atoms with Crippen LogP contribution in [0.5, 0.6) is 0 Å². The molecule has 0 aromatic heterocycles. The van der Waals surface area contributed by atoms with Crippen LogP contribution in [0, 0.1) is 52.3 Å². The Hall–Kier alpha value is -0.420. The van der Waals surface area contributed by atoms with E-state index in [1.165, 1.54) is 32.1 Å². The summed E-state index contributed by atoms with van der Waals surface area (Å²) in [5, 5.41) is 43.1. The minimum Gasteiger partial charge on any atom is -0.390 e. The van der Waals surface area contributed by atoms with Gasteiger partial charge < -0.3 is 20.4 Å². The van der Waals surface area contributed by atoms with E-state index in [0.717, 1.165) is 24.8 Å². The van der Waals surface area contributed by atoms with Crippen LogP contribution in [0.3, 0.4) is 0 Å². The first-order valence-corrected chi connectivity index (χ1v) is 13.8. The van der Waals surface area contributed by atoms with Gasteiger partial charge in [-0.05, 0) is 116 Å². The summed E-state index contributed by atoms with van der Waals surface area (Å²) in [6.45, 7) is 13.2. The monoisotopic (exact) mass is 462 g/mol. The van der Waals surface area contributed by atoms with Crippen LogP contribution >= 0.6 is 0 Å². The van der Waals surface area contributed by atoms with Crippen LogP contribution in [0.4, 0.5) is 0 Å². The van der Waals surface area contributed by atoms with Crippen LogP contribution in [0.25, 0.3) is 0 Å². The summed E-state index contributed by atoms with van der Waals surface area (Å²) < 4.78 is 0. The molecule has 33 heavy (non-hydrogen) atoms.